The standard InChI is InChI=1S/C22H24N3O3S.Re.Rf/c1-24-19-8-3-2-6-15(19)16-9-10-25-12-14-5-4-7-17(22(26)28-13-29-23-27)18(14)11-20(25)21(16)24;;/h2-3,6-8,13-14,18,20H,4-5,9-12H2,1H3;;/q-1;;. The first kappa shape index (κ1) is 23.2. The number of aromatic nitrogens is 1. The molecule has 1 saturated heterocycles. The van der Waals surface area contributed by atoms with Crippen LogP contribution in [-0.2, 0) is 43.4 Å². The molecule has 0 amide bonds. The number of nitrogens with zero attached hydrogens (tertiary/aromatic N) is 3. The number of piperidine rings is 1. The first-order valence-corrected chi connectivity index (χ1v) is 11.0. The molecule has 6 nitrogen and oxygen atoms in total. The SMILES string of the molecule is Cn1c2c(c3ccccc31)CCN1CC3CCC=C(C(=O)O[CH-]SN=O)C3CC21.[Re].[Rf]. The zero-order valence-corrected chi connectivity index (χ0v) is 27.4. The van der Waals surface area contributed by atoms with Crippen LogP contribution in [0.3, 0.4) is 0 Å². The van der Waals surface area contributed by atoms with Crippen molar-refractivity contribution in [3.8, 4) is 0 Å². The number of carbonyl (C=O) groups excluding carboxylic acids is 1. The second-order valence-corrected chi connectivity index (χ2v) is 8.77. The summed E-state index contributed by atoms with van der Waals surface area (Å²) in [5.41, 5.74) is 4.93. The Morgan fingerprint density at radius 2 is 2.13 bits per heavy atom. The number of ether oxygens (including phenoxy) is 1. The van der Waals surface area contributed by atoms with Crippen molar-refractivity contribution >= 4 is 28.8 Å². The van der Waals surface area contributed by atoms with Crippen LogP contribution in [0.1, 0.15) is 36.6 Å². The van der Waals surface area contributed by atoms with E-state index in [4.69, 9.17) is 4.74 Å². The molecule has 9 heteroatoms. The third kappa shape index (κ3) is 3.82. The maximum atomic E-state index is 12.6. The summed E-state index contributed by atoms with van der Waals surface area (Å²) in [6, 6.07) is 8.96. The van der Waals surface area contributed by atoms with E-state index < -0.39 is 0 Å². The summed E-state index contributed by atoms with van der Waals surface area (Å²) >= 11 is 0.606. The Bertz CT molecular complexity index is 1010. The topological polar surface area (TPSA) is 63.9 Å². The van der Waals surface area contributed by atoms with E-state index in [1.165, 1.54) is 22.2 Å². The molecule has 5 rings (SSSR count). The van der Waals surface area contributed by atoms with Crippen LogP contribution in [0.2, 0.25) is 0 Å². The normalized spacial score (nSPS) is 24.5. The van der Waals surface area contributed by atoms with Crippen LogP contribution in [0.4, 0.5) is 0 Å². The molecule has 31 heavy (non-hydrogen) atoms. The van der Waals surface area contributed by atoms with Crippen LogP contribution in [0.25, 0.3) is 10.9 Å². The summed E-state index contributed by atoms with van der Waals surface area (Å²) in [7, 11) is 2.17. The largest absolute Gasteiger partial charge is 0.621 e. The van der Waals surface area contributed by atoms with Gasteiger partial charge in [-0.05, 0) is 53.7 Å². The Morgan fingerprint density at radius 1 is 1.32 bits per heavy atom. The van der Waals surface area contributed by atoms with Gasteiger partial charge in [0.2, 0.25) is 0 Å². The Balaban J connectivity index is 0.00000136. The van der Waals surface area contributed by atoms with Crippen LogP contribution in [0.15, 0.2) is 40.5 Å². The average Bonchev–Trinajstić information content (AvgIpc) is 3.05. The number of nitroso groups, excluding NO2 is 1. The van der Waals surface area contributed by atoms with Crippen molar-refractivity contribution in [1.82, 2.24) is 9.47 Å². The van der Waals surface area contributed by atoms with Gasteiger partial charge in [0, 0.05) is 62.7 Å². The Labute approximate surface area is 194 Å². The molecule has 2 aliphatic heterocycles. The molecular weight excluding hydrogens is 840 g/mol. The van der Waals surface area contributed by atoms with Gasteiger partial charge in [0.05, 0.1) is 6.04 Å². The number of benzene rings is 1. The van der Waals surface area contributed by atoms with E-state index in [0.29, 0.717) is 23.9 Å². The molecule has 0 spiro atoms. The summed E-state index contributed by atoms with van der Waals surface area (Å²) in [6.07, 6.45) is 6.07. The molecule has 161 valence electrons. The van der Waals surface area contributed by atoms with Gasteiger partial charge in [-0.25, -0.2) is 4.79 Å². The van der Waals surface area contributed by atoms with Crippen molar-refractivity contribution in [2.45, 2.75) is 31.7 Å². The summed E-state index contributed by atoms with van der Waals surface area (Å²) in [6.45, 7) is 2.10. The Morgan fingerprint density at radius 3 is 2.94 bits per heavy atom. The predicted molar refractivity (Wildman–Crippen MR) is 114 cm³/mol. The molecule has 3 unspecified atom stereocenters. The Kier molecular flexibility index (Phi) is 7.00. The van der Waals surface area contributed by atoms with Gasteiger partial charge in [0.15, 0.2) is 0 Å². The number of para-hydroxylation sites is 1. The monoisotopic (exact) mass is 864 g/mol. The van der Waals surface area contributed by atoms with Crippen molar-refractivity contribution in [1.29, 1.82) is 0 Å². The molecule has 1 aromatic carbocycles. The third-order valence-corrected chi connectivity index (χ3v) is 7.23. The van der Waals surface area contributed by atoms with E-state index in [1.807, 2.05) is 6.08 Å². The maximum Gasteiger partial charge on any atom is 0.303 e. The second-order valence-electron chi connectivity index (χ2n) is 8.22. The van der Waals surface area contributed by atoms with Gasteiger partial charge in [-0.2, -0.15) is 0 Å². The molecule has 0 saturated carbocycles. The summed E-state index contributed by atoms with van der Waals surface area (Å²) in [5, 5.41) is 1.36. The average molecular weight is 864 g/mol. The van der Waals surface area contributed by atoms with E-state index in [-0.39, 0.29) is 32.3 Å². The van der Waals surface area contributed by atoms with Crippen LogP contribution in [-0.4, -0.2) is 28.5 Å². The number of rotatable bonds is 4. The number of esters is 1. The molecule has 3 atom stereocenters. The zero-order valence-electron chi connectivity index (χ0n) is 17.5. The molecule has 0 bridgehead atoms. The molecule has 1 aliphatic carbocycles. The molecule has 1 aromatic heterocycles. The van der Waals surface area contributed by atoms with Gasteiger partial charge in [-0.15, -0.1) is 16.9 Å². The number of aryl methyl sites for hydroxylation is 1. The first-order valence-electron chi connectivity index (χ1n) is 10.2. The van der Waals surface area contributed by atoms with E-state index in [0.717, 1.165) is 50.3 Å². The van der Waals surface area contributed by atoms with Crippen molar-refractivity contribution in [3.05, 3.63) is 58.0 Å². The predicted octanol–water partition coefficient (Wildman–Crippen LogP) is 4.51. The van der Waals surface area contributed by atoms with E-state index >= 15 is 0 Å². The van der Waals surface area contributed by atoms with Crippen LogP contribution >= 0.6 is 11.9 Å². The van der Waals surface area contributed by atoms with Crippen molar-refractivity contribution in [2.24, 2.45) is 23.5 Å². The summed E-state index contributed by atoms with van der Waals surface area (Å²) < 4.78 is 10.2. The minimum Gasteiger partial charge on any atom is -0.621 e. The van der Waals surface area contributed by atoms with E-state index in [2.05, 4.69) is 45.4 Å². The maximum absolute atomic E-state index is 12.6. The number of hydrogen-bond donors (Lipinski definition) is 0. The van der Waals surface area contributed by atoms with Gasteiger partial charge in [0.1, 0.15) is 0 Å². The number of carbonyl (C=O) groups is 1. The molecule has 3 heterocycles. The fraction of sp³-hybridized carbons (Fsp3) is 0.455. The molecular formula is C22H24N3O3ReRfS-. The molecule has 1 fully saturated rings. The summed E-state index contributed by atoms with van der Waals surface area (Å²) in [5.74, 6) is 1.46. The summed E-state index contributed by atoms with van der Waals surface area (Å²) in [4.78, 5) is 25.5. The molecule has 0 N–H and O–H groups in total. The van der Waals surface area contributed by atoms with Gasteiger partial charge in [-0.1, -0.05) is 30.2 Å². The number of hydrogen-bond acceptors (Lipinski definition) is 6. The molecule has 3 aliphatic rings. The first-order chi connectivity index (χ1) is 14.2. The molecule has 2 aromatic rings. The van der Waals surface area contributed by atoms with Crippen molar-refractivity contribution < 1.29 is 30.0 Å². The van der Waals surface area contributed by atoms with Gasteiger partial charge in [-0.3, -0.25) is 4.90 Å². The van der Waals surface area contributed by atoms with Crippen molar-refractivity contribution in [3.63, 3.8) is 0 Å². The third-order valence-electron chi connectivity index (χ3n) is 6.96. The second kappa shape index (κ2) is 9.36. The van der Waals surface area contributed by atoms with Gasteiger partial charge in [0.25, 0.3) is 0 Å². The van der Waals surface area contributed by atoms with Crippen LogP contribution in [0.5, 0.6) is 0 Å². The molecule has 1 radical (unpaired) electrons. The van der Waals surface area contributed by atoms with Crippen LogP contribution < -0.4 is 0 Å². The van der Waals surface area contributed by atoms with Gasteiger partial charge < -0.3 is 9.30 Å². The minimum absolute atomic E-state index is 0. The quantitative estimate of drug-likeness (QED) is 0.149. The fourth-order valence-corrected chi connectivity index (χ4v) is 5.93. The fourth-order valence-electron chi connectivity index (χ4n) is 5.77. The van der Waals surface area contributed by atoms with Crippen molar-refractivity contribution in [2.75, 3.05) is 13.1 Å². The van der Waals surface area contributed by atoms with E-state index in [9.17, 15) is 9.70 Å². The van der Waals surface area contributed by atoms with Crippen LogP contribution in [0, 0.1) is 22.7 Å². The number of fused-ring (bicyclic) bond motifs is 6. The van der Waals surface area contributed by atoms with Gasteiger partial charge >= 0.3 is 5.97 Å². The number of allylic oxidation sites excluding steroid dienone is 1. The smallest absolute Gasteiger partial charge is 0.303 e. The van der Waals surface area contributed by atoms with E-state index in [1.54, 1.807) is 0 Å². The zero-order chi connectivity index (χ0) is 20.0. The minimum atomic E-state index is -0.336. The Hall–Kier alpha value is -2.46.